The number of carbonyl (C=O) groups excluding carboxylic acids is 1. The zero-order valence-electron chi connectivity index (χ0n) is 17.0. The lowest BCUT2D eigenvalue weighted by Gasteiger charge is -2.31. The standard InChI is InChI=1S/C20H26F6N4O/c1-28-16-9-17(30-7-6-12(10-30)20(24,25)26)14(8-15(16)27)18(31)29-13-4-2-11(3-5-13)19(21,22)23/h8-9,11-13,28H,2-7,10,27H2,1H3,(H,29,31)/t11-,12?,13-. The second kappa shape index (κ2) is 8.66. The smallest absolute Gasteiger partial charge is 0.393 e. The van der Waals surface area contributed by atoms with Crippen LogP contribution in [0, 0.1) is 11.8 Å². The van der Waals surface area contributed by atoms with E-state index in [4.69, 9.17) is 5.73 Å². The first-order chi connectivity index (χ1) is 14.4. The maximum absolute atomic E-state index is 13.1. The number of hydrogen-bond acceptors (Lipinski definition) is 4. The lowest BCUT2D eigenvalue weighted by Crippen LogP contribution is -2.40. The monoisotopic (exact) mass is 452 g/mol. The van der Waals surface area contributed by atoms with Gasteiger partial charge in [0.1, 0.15) is 0 Å². The number of nitrogens with one attached hydrogen (secondary N) is 2. The van der Waals surface area contributed by atoms with Gasteiger partial charge in [0.05, 0.1) is 34.5 Å². The van der Waals surface area contributed by atoms with E-state index in [0.29, 0.717) is 11.4 Å². The summed E-state index contributed by atoms with van der Waals surface area (Å²) in [6.07, 6.45) is -8.41. The number of nitrogen functional groups attached to an aromatic ring is 1. The summed E-state index contributed by atoms with van der Waals surface area (Å²) in [5, 5.41) is 5.60. The van der Waals surface area contributed by atoms with Crippen molar-refractivity contribution in [1.82, 2.24) is 5.32 Å². The van der Waals surface area contributed by atoms with Crippen molar-refractivity contribution in [2.75, 3.05) is 36.1 Å². The predicted molar refractivity (Wildman–Crippen MR) is 106 cm³/mol. The molecular weight excluding hydrogens is 426 g/mol. The average molecular weight is 452 g/mol. The lowest BCUT2D eigenvalue weighted by molar-refractivity contribution is -0.182. The Balaban J connectivity index is 1.77. The third-order valence-corrected chi connectivity index (χ3v) is 6.20. The fraction of sp³-hybridized carbons (Fsp3) is 0.650. The van der Waals surface area contributed by atoms with E-state index in [-0.39, 0.29) is 56.4 Å². The van der Waals surface area contributed by atoms with Crippen molar-refractivity contribution in [3.8, 4) is 0 Å². The average Bonchev–Trinajstić information content (AvgIpc) is 3.18. The van der Waals surface area contributed by atoms with Crippen LogP contribution in [0.2, 0.25) is 0 Å². The number of rotatable bonds is 4. The molecule has 1 heterocycles. The third-order valence-electron chi connectivity index (χ3n) is 6.20. The summed E-state index contributed by atoms with van der Waals surface area (Å²) in [5.41, 5.74) is 7.15. The first-order valence-corrected chi connectivity index (χ1v) is 10.2. The number of nitrogens with zero attached hydrogens (tertiary/aromatic N) is 1. The summed E-state index contributed by atoms with van der Waals surface area (Å²) in [5.74, 6) is -3.41. The van der Waals surface area contributed by atoms with Gasteiger partial charge in [0.2, 0.25) is 0 Å². The molecule has 1 atom stereocenters. The van der Waals surface area contributed by atoms with E-state index < -0.39 is 36.1 Å². The van der Waals surface area contributed by atoms with Crippen molar-refractivity contribution < 1.29 is 31.1 Å². The molecule has 1 aliphatic heterocycles. The predicted octanol–water partition coefficient (Wildman–Crippen LogP) is 4.55. The molecule has 11 heteroatoms. The Morgan fingerprint density at radius 2 is 1.61 bits per heavy atom. The molecule has 0 aromatic heterocycles. The molecule has 2 aliphatic rings. The van der Waals surface area contributed by atoms with Gasteiger partial charge >= 0.3 is 12.4 Å². The molecule has 0 spiro atoms. The molecular formula is C20H26F6N4O. The van der Waals surface area contributed by atoms with Crippen LogP contribution < -0.4 is 21.3 Å². The third kappa shape index (κ3) is 5.30. The normalized spacial score (nSPS) is 24.9. The number of amides is 1. The lowest BCUT2D eigenvalue weighted by atomic mass is 9.85. The summed E-state index contributed by atoms with van der Waals surface area (Å²) in [4.78, 5) is 14.4. The van der Waals surface area contributed by atoms with Gasteiger partial charge in [-0.05, 0) is 44.2 Å². The second-order valence-electron chi connectivity index (χ2n) is 8.24. The zero-order valence-corrected chi connectivity index (χ0v) is 17.0. The highest BCUT2D eigenvalue weighted by Crippen LogP contribution is 2.40. The minimum absolute atomic E-state index is 0.0679. The molecule has 3 rings (SSSR count). The largest absolute Gasteiger partial charge is 0.397 e. The Labute approximate surface area is 176 Å². The van der Waals surface area contributed by atoms with Crippen LogP contribution in [-0.2, 0) is 0 Å². The molecule has 2 fully saturated rings. The molecule has 1 amide bonds. The van der Waals surface area contributed by atoms with E-state index in [1.807, 2.05) is 0 Å². The first kappa shape index (κ1) is 23.3. The molecule has 0 radical (unpaired) electrons. The summed E-state index contributed by atoms with van der Waals surface area (Å²) < 4.78 is 78.0. The van der Waals surface area contributed by atoms with E-state index in [9.17, 15) is 31.1 Å². The van der Waals surface area contributed by atoms with Crippen LogP contribution in [0.15, 0.2) is 12.1 Å². The van der Waals surface area contributed by atoms with Crippen LogP contribution in [0.25, 0.3) is 0 Å². The van der Waals surface area contributed by atoms with Crippen LogP contribution in [0.4, 0.5) is 43.4 Å². The summed E-state index contributed by atoms with van der Waals surface area (Å²) in [6.45, 7) is -0.137. The fourth-order valence-corrected chi connectivity index (χ4v) is 4.34. The number of halogens is 6. The van der Waals surface area contributed by atoms with Gasteiger partial charge in [-0.15, -0.1) is 0 Å². The highest BCUT2D eigenvalue weighted by atomic mass is 19.4. The maximum atomic E-state index is 13.1. The van der Waals surface area contributed by atoms with E-state index in [0.717, 1.165) is 0 Å². The SMILES string of the molecule is CNc1cc(N2CCC(C(F)(F)F)C2)c(C(=O)N[C@H]2CC[C@H](C(F)(F)F)CC2)cc1N. The number of benzene rings is 1. The maximum Gasteiger partial charge on any atom is 0.393 e. The number of carbonyl (C=O) groups is 1. The molecule has 1 saturated carbocycles. The van der Waals surface area contributed by atoms with E-state index >= 15 is 0 Å². The van der Waals surface area contributed by atoms with Crippen molar-refractivity contribution in [3.05, 3.63) is 17.7 Å². The van der Waals surface area contributed by atoms with Crippen LogP contribution in [0.5, 0.6) is 0 Å². The Bertz CT molecular complexity index is 802. The molecule has 0 bridgehead atoms. The molecule has 4 N–H and O–H groups in total. The van der Waals surface area contributed by atoms with Crippen molar-refractivity contribution in [3.63, 3.8) is 0 Å². The van der Waals surface area contributed by atoms with Crippen LogP contribution in [0.3, 0.4) is 0 Å². The molecule has 1 aliphatic carbocycles. The van der Waals surface area contributed by atoms with E-state index in [1.165, 1.54) is 11.0 Å². The second-order valence-corrected chi connectivity index (χ2v) is 8.24. The quantitative estimate of drug-likeness (QED) is 0.463. The fourth-order valence-electron chi connectivity index (χ4n) is 4.34. The Kier molecular flexibility index (Phi) is 6.52. The molecule has 1 unspecified atom stereocenters. The van der Waals surface area contributed by atoms with Crippen molar-refractivity contribution in [1.29, 1.82) is 0 Å². The van der Waals surface area contributed by atoms with Gasteiger partial charge in [0, 0.05) is 26.2 Å². The van der Waals surface area contributed by atoms with Gasteiger partial charge in [-0.25, -0.2) is 0 Å². The Morgan fingerprint density at radius 3 is 2.13 bits per heavy atom. The van der Waals surface area contributed by atoms with E-state index in [2.05, 4.69) is 10.6 Å². The van der Waals surface area contributed by atoms with E-state index in [1.54, 1.807) is 13.1 Å². The van der Waals surface area contributed by atoms with Gasteiger partial charge in [-0.3, -0.25) is 4.79 Å². The Hall–Kier alpha value is -2.33. The zero-order chi connectivity index (χ0) is 23.0. The molecule has 1 aromatic carbocycles. The van der Waals surface area contributed by atoms with Crippen molar-refractivity contribution >= 4 is 23.0 Å². The Morgan fingerprint density at radius 1 is 1.00 bits per heavy atom. The van der Waals surface area contributed by atoms with Crippen LogP contribution in [0.1, 0.15) is 42.5 Å². The summed E-state index contributed by atoms with van der Waals surface area (Å²) >= 11 is 0. The van der Waals surface area contributed by atoms with Gasteiger partial charge in [0.15, 0.2) is 0 Å². The topological polar surface area (TPSA) is 70.4 Å². The highest BCUT2D eigenvalue weighted by molar-refractivity contribution is 6.02. The molecule has 5 nitrogen and oxygen atoms in total. The number of alkyl halides is 6. The summed E-state index contributed by atoms with van der Waals surface area (Å²) in [7, 11) is 1.61. The highest BCUT2D eigenvalue weighted by Gasteiger charge is 2.44. The minimum Gasteiger partial charge on any atom is -0.397 e. The number of anilines is 3. The van der Waals surface area contributed by atoms with Crippen molar-refractivity contribution in [2.24, 2.45) is 11.8 Å². The molecule has 1 aromatic rings. The van der Waals surface area contributed by atoms with Gasteiger partial charge in [-0.1, -0.05) is 0 Å². The van der Waals surface area contributed by atoms with Gasteiger partial charge < -0.3 is 21.3 Å². The number of hydrogen-bond donors (Lipinski definition) is 3. The minimum atomic E-state index is -4.33. The molecule has 1 saturated heterocycles. The van der Waals surface area contributed by atoms with Crippen molar-refractivity contribution in [2.45, 2.75) is 50.5 Å². The molecule has 31 heavy (non-hydrogen) atoms. The van der Waals surface area contributed by atoms with Crippen LogP contribution >= 0.6 is 0 Å². The van der Waals surface area contributed by atoms with Gasteiger partial charge in [0.25, 0.3) is 5.91 Å². The molecule has 174 valence electrons. The first-order valence-electron chi connectivity index (χ1n) is 10.2. The van der Waals surface area contributed by atoms with Crippen LogP contribution in [-0.4, -0.2) is 44.4 Å². The number of nitrogens with two attached hydrogens (primary N) is 1. The van der Waals surface area contributed by atoms with Gasteiger partial charge in [-0.2, -0.15) is 26.3 Å². The summed E-state index contributed by atoms with van der Waals surface area (Å²) in [6, 6.07) is 2.52.